The Morgan fingerprint density at radius 3 is 1.22 bits per heavy atom. The number of hydrogen-bond acceptors (Lipinski definition) is 4. The van der Waals surface area contributed by atoms with Gasteiger partial charge >= 0.3 is 0 Å². The summed E-state index contributed by atoms with van der Waals surface area (Å²) in [6.07, 6.45) is 0. The molecule has 14 aromatic rings. The second kappa shape index (κ2) is 10.9. The van der Waals surface area contributed by atoms with Gasteiger partial charge in [0.25, 0.3) is 0 Å². The van der Waals surface area contributed by atoms with Crippen molar-refractivity contribution in [2.75, 3.05) is 0 Å². The van der Waals surface area contributed by atoms with Crippen LogP contribution < -0.4 is 21.7 Å². The van der Waals surface area contributed by atoms with Gasteiger partial charge in [-0.2, -0.15) is 0 Å². The summed E-state index contributed by atoms with van der Waals surface area (Å²) < 4.78 is 0. The maximum absolute atomic E-state index is 14.3. The molecule has 0 aromatic heterocycles. The lowest BCUT2D eigenvalue weighted by Gasteiger charge is -2.08. The summed E-state index contributed by atoms with van der Waals surface area (Å²) >= 11 is 0. The predicted molar refractivity (Wildman–Crippen MR) is 252 cm³/mol. The number of fused-ring (bicyclic) bond motifs is 19. The second-order valence-corrected chi connectivity index (χ2v) is 16.5. The van der Waals surface area contributed by atoms with E-state index in [1.54, 1.807) is 0 Å². The van der Waals surface area contributed by atoms with E-state index in [-0.39, 0.29) is 21.7 Å². The summed E-state index contributed by atoms with van der Waals surface area (Å²) in [5.74, 6) is 0. The SMILES string of the molecule is O=c1c2cc3cc4c(ccc5c(=O)c6ccccc6c54)cc3cc2c2c(-c3ccc4c(c3)c(=O)c3ccc5cc6ccc7c(=O)c8ccccc8c7c6cc5c34)cccc12. The van der Waals surface area contributed by atoms with Gasteiger partial charge in [-0.15, -0.1) is 0 Å². The van der Waals surface area contributed by atoms with Crippen molar-refractivity contribution in [3.8, 4) is 11.1 Å². The molecule has 0 N–H and O–H groups in total. The molecule has 0 spiro atoms. The van der Waals surface area contributed by atoms with Crippen molar-refractivity contribution in [2.45, 2.75) is 0 Å². The molecule has 274 valence electrons. The topological polar surface area (TPSA) is 68.3 Å². The van der Waals surface area contributed by atoms with E-state index in [0.717, 1.165) is 108 Å². The van der Waals surface area contributed by atoms with E-state index >= 15 is 0 Å². The Morgan fingerprint density at radius 1 is 0.217 bits per heavy atom. The Morgan fingerprint density at radius 2 is 0.617 bits per heavy atom. The third-order valence-electron chi connectivity index (χ3n) is 13.6. The van der Waals surface area contributed by atoms with Crippen molar-refractivity contribution in [3.05, 3.63) is 199 Å². The Balaban J connectivity index is 0.995. The molecular formula is C56H26O4. The van der Waals surface area contributed by atoms with E-state index in [9.17, 15) is 19.2 Å². The second-order valence-electron chi connectivity index (χ2n) is 16.5. The van der Waals surface area contributed by atoms with Gasteiger partial charge in [0.2, 0.25) is 0 Å². The molecule has 0 fully saturated rings. The lowest BCUT2D eigenvalue weighted by Crippen LogP contribution is -1.95. The Bertz CT molecular complexity index is 4550. The van der Waals surface area contributed by atoms with Crippen LogP contribution in [0.15, 0.2) is 177 Å². The molecule has 0 atom stereocenters. The van der Waals surface area contributed by atoms with Crippen molar-refractivity contribution in [1.82, 2.24) is 0 Å². The Labute approximate surface area is 337 Å². The van der Waals surface area contributed by atoms with E-state index in [1.807, 2.05) is 115 Å². The van der Waals surface area contributed by atoms with Crippen LogP contribution in [0.1, 0.15) is 0 Å². The summed E-state index contributed by atoms with van der Waals surface area (Å²) in [6.45, 7) is 0. The molecule has 4 heteroatoms. The first kappa shape index (κ1) is 31.9. The molecule has 0 radical (unpaired) electrons. The van der Waals surface area contributed by atoms with Crippen LogP contribution in [0.25, 0.3) is 140 Å². The van der Waals surface area contributed by atoms with Gasteiger partial charge in [0.1, 0.15) is 0 Å². The standard InChI is InChI=1S/C56H26O4/c57-53-37-8-3-1-6-34(37)50-40(53)18-15-29-21-31-24-46-48(25-32(31)23-43(29)50)55(59)39-11-5-10-33(49(39)46)30-12-16-36-47(22-30)56(60)42-19-14-28-20-27-13-17-41-51(44(27)26-45(28)52(36)42)35-7-2-4-9-38(35)54(41)58/h1-26H. The van der Waals surface area contributed by atoms with Crippen LogP contribution in [0.5, 0.6) is 0 Å². The first-order valence-electron chi connectivity index (χ1n) is 20.1. The summed E-state index contributed by atoms with van der Waals surface area (Å²) in [6, 6.07) is 52.1. The van der Waals surface area contributed by atoms with Crippen LogP contribution in [-0.4, -0.2) is 0 Å². The highest BCUT2D eigenvalue weighted by molar-refractivity contribution is 6.30. The first-order valence-corrected chi connectivity index (χ1v) is 20.1. The van der Waals surface area contributed by atoms with Crippen molar-refractivity contribution >= 4 is 129 Å². The minimum absolute atomic E-state index is 0.0261. The molecule has 4 nitrogen and oxygen atoms in total. The van der Waals surface area contributed by atoms with Crippen molar-refractivity contribution in [2.24, 2.45) is 0 Å². The fourth-order valence-corrected chi connectivity index (χ4v) is 10.9. The lowest BCUT2D eigenvalue weighted by molar-refractivity contribution is 1.72. The molecule has 0 aliphatic carbocycles. The maximum atomic E-state index is 14.3. The molecule has 0 aliphatic rings. The van der Waals surface area contributed by atoms with Crippen LogP contribution in [0, 0.1) is 0 Å². The summed E-state index contributed by atoms with van der Waals surface area (Å²) in [7, 11) is 0. The zero-order valence-electron chi connectivity index (χ0n) is 31.6. The Hall–Kier alpha value is -8.08. The molecule has 14 rings (SSSR count). The van der Waals surface area contributed by atoms with E-state index in [4.69, 9.17) is 0 Å². The molecule has 0 aliphatic heterocycles. The molecule has 0 heterocycles. The van der Waals surface area contributed by atoms with Crippen molar-refractivity contribution in [1.29, 1.82) is 0 Å². The average molecular weight is 763 g/mol. The van der Waals surface area contributed by atoms with Crippen LogP contribution in [0.3, 0.4) is 0 Å². The zero-order valence-corrected chi connectivity index (χ0v) is 31.6. The van der Waals surface area contributed by atoms with Gasteiger partial charge in [0.05, 0.1) is 0 Å². The summed E-state index contributed by atoms with van der Waals surface area (Å²) in [5, 5.41) is 20.8. The molecule has 0 saturated carbocycles. The Kier molecular flexibility index (Phi) is 5.80. The highest BCUT2D eigenvalue weighted by Gasteiger charge is 2.21. The van der Waals surface area contributed by atoms with Gasteiger partial charge in [-0.25, -0.2) is 0 Å². The van der Waals surface area contributed by atoms with Gasteiger partial charge in [0.15, 0.2) is 21.7 Å². The highest BCUT2D eigenvalue weighted by Crippen LogP contribution is 2.42. The maximum Gasteiger partial charge on any atom is 0.194 e. The first-order chi connectivity index (χ1) is 29.4. The molecule has 60 heavy (non-hydrogen) atoms. The molecule has 0 unspecified atom stereocenters. The predicted octanol–water partition coefficient (Wildman–Crippen LogP) is 12.4. The van der Waals surface area contributed by atoms with Gasteiger partial charge < -0.3 is 0 Å². The fraction of sp³-hybridized carbons (Fsp3) is 0. The van der Waals surface area contributed by atoms with Gasteiger partial charge in [-0.1, -0.05) is 97.1 Å². The largest absolute Gasteiger partial charge is 0.289 e. The summed E-state index contributed by atoms with van der Waals surface area (Å²) in [4.78, 5) is 55.3. The van der Waals surface area contributed by atoms with E-state index in [1.165, 1.54) is 0 Å². The molecule has 14 aromatic carbocycles. The van der Waals surface area contributed by atoms with Crippen molar-refractivity contribution < 1.29 is 0 Å². The average Bonchev–Trinajstić information content (AvgIpc) is 3.95. The number of benzene rings is 10. The monoisotopic (exact) mass is 762 g/mol. The molecule has 0 bridgehead atoms. The van der Waals surface area contributed by atoms with Gasteiger partial charge in [0, 0.05) is 64.6 Å². The summed E-state index contributed by atoms with van der Waals surface area (Å²) in [5.41, 5.74) is 1.80. The fourth-order valence-electron chi connectivity index (χ4n) is 10.9. The molecular weight excluding hydrogens is 737 g/mol. The lowest BCUT2D eigenvalue weighted by atomic mass is 9.95. The third-order valence-corrected chi connectivity index (χ3v) is 13.6. The van der Waals surface area contributed by atoms with Crippen LogP contribution in [-0.2, 0) is 0 Å². The van der Waals surface area contributed by atoms with Crippen LogP contribution >= 0.6 is 0 Å². The normalized spacial score (nSPS) is 12.6. The van der Waals surface area contributed by atoms with E-state index in [0.29, 0.717) is 32.3 Å². The van der Waals surface area contributed by atoms with E-state index in [2.05, 4.69) is 42.5 Å². The number of hydrogen-bond donors (Lipinski definition) is 0. The third kappa shape index (κ3) is 3.86. The van der Waals surface area contributed by atoms with E-state index < -0.39 is 0 Å². The smallest absolute Gasteiger partial charge is 0.194 e. The quantitative estimate of drug-likeness (QED) is 0.156. The minimum Gasteiger partial charge on any atom is -0.289 e. The van der Waals surface area contributed by atoms with Crippen LogP contribution in [0.4, 0.5) is 0 Å². The molecule has 0 amide bonds. The van der Waals surface area contributed by atoms with Crippen molar-refractivity contribution in [3.63, 3.8) is 0 Å². The van der Waals surface area contributed by atoms with Crippen LogP contribution in [0.2, 0.25) is 0 Å². The minimum atomic E-state index is -0.0274. The highest BCUT2D eigenvalue weighted by atomic mass is 16.1. The van der Waals surface area contributed by atoms with Gasteiger partial charge in [-0.05, 0) is 136 Å². The van der Waals surface area contributed by atoms with Gasteiger partial charge in [-0.3, -0.25) is 19.2 Å². The number of rotatable bonds is 1. The zero-order chi connectivity index (χ0) is 39.7. The molecule has 0 saturated heterocycles.